The van der Waals surface area contributed by atoms with Crippen molar-refractivity contribution in [3.8, 4) is 17.2 Å². The van der Waals surface area contributed by atoms with Gasteiger partial charge in [0.05, 0.1) is 21.3 Å². The van der Waals surface area contributed by atoms with E-state index in [0.29, 0.717) is 23.8 Å². The zero-order valence-electron chi connectivity index (χ0n) is 18.0. The summed E-state index contributed by atoms with van der Waals surface area (Å²) in [5.74, 6) is 2.72. The van der Waals surface area contributed by atoms with Crippen LogP contribution in [0.1, 0.15) is 18.1 Å². The number of halogens is 2. The number of nitrogens with zero attached hydrogens (tertiary/aromatic N) is 1. The molecule has 0 aliphatic carbocycles. The number of guanidine groups is 1. The molecule has 0 amide bonds. The Kier molecular flexibility index (Phi) is 12.4. The van der Waals surface area contributed by atoms with Crippen LogP contribution in [-0.2, 0) is 12.8 Å². The van der Waals surface area contributed by atoms with Crippen molar-refractivity contribution in [2.24, 2.45) is 4.99 Å². The van der Waals surface area contributed by atoms with Gasteiger partial charge in [0, 0.05) is 30.2 Å². The summed E-state index contributed by atoms with van der Waals surface area (Å²) < 4.78 is 16.3. The summed E-state index contributed by atoms with van der Waals surface area (Å²) in [5, 5.41) is 7.40. The Hall–Kier alpha value is -1.87. The smallest absolute Gasteiger partial charge is 0.203 e. The molecule has 6 nitrogen and oxygen atoms in total. The summed E-state index contributed by atoms with van der Waals surface area (Å²) in [7, 11) is 4.85. The first kappa shape index (κ1) is 26.2. The summed E-state index contributed by atoms with van der Waals surface area (Å²) in [4.78, 5) is 4.67. The van der Waals surface area contributed by atoms with Crippen LogP contribution >= 0.6 is 35.6 Å². The molecule has 0 heterocycles. The van der Waals surface area contributed by atoms with Crippen LogP contribution in [0.4, 0.5) is 0 Å². The van der Waals surface area contributed by atoms with E-state index in [0.717, 1.165) is 42.5 Å². The lowest BCUT2D eigenvalue weighted by Gasteiger charge is -2.15. The second-order valence-corrected chi connectivity index (χ2v) is 6.74. The van der Waals surface area contributed by atoms with Gasteiger partial charge in [0.25, 0.3) is 0 Å². The Morgan fingerprint density at radius 3 is 2.20 bits per heavy atom. The zero-order chi connectivity index (χ0) is 21.1. The van der Waals surface area contributed by atoms with Gasteiger partial charge in [-0.1, -0.05) is 29.8 Å². The van der Waals surface area contributed by atoms with Gasteiger partial charge in [-0.15, -0.1) is 24.0 Å². The highest BCUT2D eigenvalue weighted by atomic mass is 127. The summed E-state index contributed by atoms with van der Waals surface area (Å²) in [5.41, 5.74) is 2.25. The molecule has 2 aromatic rings. The third kappa shape index (κ3) is 7.75. The zero-order valence-corrected chi connectivity index (χ0v) is 21.0. The minimum atomic E-state index is 0. The number of hydrogen-bond donors (Lipinski definition) is 2. The second-order valence-electron chi connectivity index (χ2n) is 6.31. The van der Waals surface area contributed by atoms with Crippen LogP contribution in [0.25, 0.3) is 0 Å². The first-order valence-corrected chi connectivity index (χ1v) is 10.0. The molecule has 8 heteroatoms. The Labute approximate surface area is 201 Å². The molecule has 2 rings (SSSR count). The van der Waals surface area contributed by atoms with Crippen molar-refractivity contribution >= 4 is 41.5 Å². The summed E-state index contributed by atoms with van der Waals surface area (Å²) in [6, 6.07) is 11.8. The van der Waals surface area contributed by atoms with E-state index in [1.54, 1.807) is 21.3 Å². The molecular formula is C22H31ClIN3O3. The van der Waals surface area contributed by atoms with Crippen LogP contribution in [0.2, 0.25) is 5.02 Å². The van der Waals surface area contributed by atoms with E-state index in [1.165, 1.54) is 5.56 Å². The fourth-order valence-corrected chi connectivity index (χ4v) is 3.09. The minimum absolute atomic E-state index is 0. The largest absolute Gasteiger partial charge is 0.493 e. The van der Waals surface area contributed by atoms with Crippen LogP contribution in [0.3, 0.4) is 0 Å². The Bertz CT molecular complexity index is 801. The van der Waals surface area contributed by atoms with Crippen LogP contribution in [0, 0.1) is 0 Å². The van der Waals surface area contributed by atoms with Gasteiger partial charge in [0.2, 0.25) is 5.75 Å². The number of hydrogen-bond acceptors (Lipinski definition) is 4. The van der Waals surface area contributed by atoms with Crippen molar-refractivity contribution < 1.29 is 14.2 Å². The molecule has 0 atom stereocenters. The van der Waals surface area contributed by atoms with Crippen LogP contribution in [0.15, 0.2) is 41.4 Å². The standard InChI is InChI=1S/C22H30ClN3O3.HI/c1-5-24-22(25-14-12-16-6-9-18(23)10-7-16)26-15-13-17-8-11-19(27-2)21(29-4)20(17)28-3;/h6-11H,5,12-15H2,1-4H3,(H2,24,25,26);1H. The molecule has 0 spiro atoms. The van der Waals surface area contributed by atoms with E-state index in [2.05, 4.69) is 15.6 Å². The van der Waals surface area contributed by atoms with Crippen molar-refractivity contribution in [3.05, 3.63) is 52.5 Å². The SMILES string of the molecule is CCNC(=NCCc1ccc(OC)c(OC)c1OC)NCCc1ccc(Cl)cc1.I. The van der Waals surface area contributed by atoms with Gasteiger partial charge in [-0.25, -0.2) is 0 Å². The van der Waals surface area contributed by atoms with Crippen molar-refractivity contribution in [1.29, 1.82) is 0 Å². The van der Waals surface area contributed by atoms with Gasteiger partial charge in [0.15, 0.2) is 17.5 Å². The predicted octanol–water partition coefficient (Wildman–Crippen LogP) is 4.32. The van der Waals surface area contributed by atoms with Gasteiger partial charge >= 0.3 is 0 Å². The summed E-state index contributed by atoms with van der Waals surface area (Å²) in [6.45, 7) is 4.25. The van der Waals surface area contributed by atoms with Gasteiger partial charge in [-0.3, -0.25) is 4.99 Å². The Morgan fingerprint density at radius 2 is 1.60 bits per heavy atom. The van der Waals surface area contributed by atoms with Crippen LogP contribution in [0.5, 0.6) is 17.2 Å². The number of methoxy groups -OCH3 is 3. The molecule has 0 unspecified atom stereocenters. The monoisotopic (exact) mass is 547 g/mol. The molecule has 0 saturated carbocycles. The molecule has 0 aliphatic rings. The number of benzene rings is 2. The molecule has 0 radical (unpaired) electrons. The maximum atomic E-state index is 5.93. The molecule has 2 aromatic carbocycles. The first-order valence-electron chi connectivity index (χ1n) is 9.67. The number of nitrogens with one attached hydrogen (secondary N) is 2. The van der Waals surface area contributed by atoms with Gasteiger partial charge in [0.1, 0.15) is 0 Å². The fourth-order valence-electron chi connectivity index (χ4n) is 2.97. The van der Waals surface area contributed by atoms with Crippen molar-refractivity contribution in [3.63, 3.8) is 0 Å². The van der Waals surface area contributed by atoms with Crippen molar-refractivity contribution in [2.45, 2.75) is 19.8 Å². The fraction of sp³-hybridized carbons (Fsp3) is 0.409. The van der Waals surface area contributed by atoms with E-state index >= 15 is 0 Å². The third-order valence-electron chi connectivity index (χ3n) is 4.40. The van der Waals surface area contributed by atoms with Crippen LogP contribution < -0.4 is 24.8 Å². The molecule has 0 aromatic heterocycles. The Balaban J connectivity index is 0.00000450. The quantitative estimate of drug-likeness (QED) is 0.264. The maximum absolute atomic E-state index is 5.93. The molecular weight excluding hydrogens is 517 g/mol. The highest BCUT2D eigenvalue weighted by Gasteiger charge is 2.15. The number of rotatable bonds is 10. The number of aliphatic imine (C=N–C) groups is 1. The molecule has 0 bridgehead atoms. The lowest BCUT2D eigenvalue weighted by Crippen LogP contribution is -2.38. The molecule has 0 aliphatic heterocycles. The van der Waals surface area contributed by atoms with Gasteiger partial charge < -0.3 is 24.8 Å². The van der Waals surface area contributed by atoms with E-state index in [-0.39, 0.29) is 24.0 Å². The molecule has 30 heavy (non-hydrogen) atoms. The average molecular weight is 548 g/mol. The van der Waals surface area contributed by atoms with Gasteiger partial charge in [-0.2, -0.15) is 0 Å². The highest BCUT2D eigenvalue weighted by Crippen LogP contribution is 2.39. The number of ether oxygens (including phenoxy) is 3. The van der Waals surface area contributed by atoms with Gasteiger partial charge in [-0.05, 0) is 43.5 Å². The summed E-state index contributed by atoms with van der Waals surface area (Å²) in [6.07, 6.45) is 1.61. The molecule has 2 N–H and O–H groups in total. The molecule has 0 saturated heterocycles. The normalized spacial score (nSPS) is 10.8. The topological polar surface area (TPSA) is 64.1 Å². The van der Waals surface area contributed by atoms with E-state index < -0.39 is 0 Å². The predicted molar refractivity (Wildman–Crippen MR) is 134 cm³/mol. The van der Waals surface area contributed by atoms with Crippen LogP contribution in [-0.4, -0.2) is 46.9 Å². The molecule has 0 fully saturated rings. The molecule has 166 valence electrons. The lowest BCUT2D eigenvalue weighted by molar-refractivity contribution is 0.322. The van der Waals surface area contributed by atoms with Crippen molar-refractivity contribution in [2.75, 3.05) is 41.0 Å². The average Bonchev–Trinajstić information content (AvgIpc) is 2.74. The highest BCUT2D eigenvalue weighted by molar-refractivity contribution is 14.0. The third-order valence-corrected chi connectivity index (χ3v) is 4.65. The van der Waals surface area contributed by atoms with Crippen molar-refractivity contribution in [1.82, 2.24) is 10.6 Å². The lowest BCUT2D eigenvalue weighted by atomic mass is 10.1. The maximum Gasteiger partial charge on any atom is 0.203 e. The first-order chi connectivity index (χ1) is 14.1. The Morgan fingerprint density at radius 1 is 0.900 bits per heavy atom. The van der Waals surface area contributed by atoms with E-state index in [9.17, 15) is 0 Å². The second kappa shape index (κ2) is 14.2. The summed E-state index contributed by atoms with van der Waals surface area (Å²) >= 11 is 5.93. The van der Waals surface area contributed by atoms with E-state index in [1.807, 2.05) is 43.3 Å². The van der Waals surface area contributed by atoms with E-state index in [4.69, 9.17) is 25.8 Å². The minimum Gasteiger partial charge on any atom is -0.493 e.